The van der Waals surface area contributed by atoms with Crippen LogP contribution in [0.4, 0.5) is 18.9 Å². The number of alkyl halides is 3. The Hall–Kier alpha value is -2.51. The van der Waals surface area contributed by atoms with E-state index in [1.807, 2.05) is 0 Å². The Labute approximate surface area is 116 Å². The van der Waals surface area contributed by atoms with Crippen LogP contribution < -0.4 is 10.9 Å². The molecule has 0 atom stereocenters. The van der Waals surface area contributed by atoms with Crippen LogP contribution in [0.2, 0.25) is 0 Å². The lowest BCUT2D eigenvalue weighted by Gasteiger charge is -2.09. The van der Waals surface area contributed by atoms with Gasteiger partial charge in [0.1, 0.15) is 5.56 Å². The first-order valence-electron chi connectivity index (χ1n) is 5.85. The highest BCUT2D eigenvalue weighted by molar-refractivity contribution is 6.04. The molecule has 0 aliphatic heterocycles. The van der Waals surface area contributed by atoms with E-state index in [-0.39, 0.29) is 16.9 Å². The van der Waals surface area contributed by atoms with E-state index in [1.165, 1.54) is 26.1 Å². The van der Waals surface area contributed by atoms with Crippen LogP contribution in [0.5, 0.6) is 0 Å². The average Bonchev–Trinajstić information content (AvgIpc) is 2.62. The second-order valence-electron chi connectivity index (χ2n) is 4.37. The molecule has 1 N–H and O–H groups in total. The van der Waals surface area contributed by atoms with E-state index in [9.17, 15) is 22.8 Å². The van der Waals surface area contributed by atoms with Crippen LogP contribution in [0.3, 0.4) is 0 Å². The lowest BCUT2D eigenvalue weighted by Crippen LogP contribution is -2.19. The molecule has 2 rings (SSSR count). The fourth-order valence-electron chi connectivity index (χ4n) is 1.77. The van der Waals surface area contributed by atoms with E-state index in [0.717, 1.165) is 16.9 Å². The molecule has 0 bridgehead atoms. The topological polar surface area (TPSA) is 64.2 Å². The molecule has 5 nitrogen and oxygen atoms in total. The van der Waals surface area contributed by atoms with Crippen LogP contribution >= 0.6 is 0 Å². The number of rotatable bonds is 2. The van der Waals surface area contributed by atoms with Gasteiger partial charge in [-0.3, -0.25) is 4.79 Å². The zero-order chi connectivity index (χ0) is 15.8. The molecule has 1 aromatic carbocycles. The zero-order valence-corrected chi connectivity index (χ0v) is 11.1. The van der Waals surface area contributed by atoms with Crippen molar-refractivity contribution < 1.29 is 22.5 Å². The van der Waals surface area contributed by atoms with Crippen molar-refractivity contribution in [1.82, 2.24) is 4.74 Å². The van der Waals surface area contributed by atoms with E-state index in [4.69, 9.17) is 4.52 Å². The summed E-state index contributed by atoms with van der Waals surface area (Å²) in [6, 6.07) is 4.14. The van der Waals surface area contributed by atoms with Crippen molar-refractivity contribution in [2.75, 3.05) is 5.32 Å². The Morgan fingerprint density at radius 2 is 2.00 bits per heavy atom. The first-order valence-corrected chi connectivity index (χ1v) is 5.85. The van der Waals surface area contributed by atoms with E-state index in [0.29, 0.717) is 0 Å². The number of carbonyl (C=O) groups is 1. The van der Waals surface area contributed by atoms with Crippen molar-refractivity contribution in [2.24, 2.45) is 7.05 Å². The fourth-order valence-corrected chi connectivity index (χ4v) is 1.77. The van der Waals surface area contributed by atoms with Gasteiger partial charge in [-0.2, -0.15) is 13.2 Å². The SMILES string of the molecule is Cc1c(C(=O)Nc2cccc(C(F)(F)F)c2)c(=O)on1C. The molecular formula is C13H11F3N2O3. The quantitative estimate of drug-likeness (QED) is 0.927. The van der Waals surface area contributed by atoms with Crippen LogP contribution in [0.15, 0.2) is 33.6 Å². The maximum Gasteiger partial charge on any atom is 0.416 e. The summed E-state index contributed by atoms with van der Waals surface area (Å²) in [6.45, 7) is 1.49. The molecule has 0 saturated carbocycles. The first-order chi connectivity index (χ1) is 9.70. The number of halogens is 3. The molecular weight excluding hydrogens is 289 g/mol. The fraction of sp³-hybridized carbons (Fsp3) is 0.231. The third-order valence-corrected chi connectivity index (χ3v) is 2.93. The minimum absolute atomic E-state index is 0.0579. The van der Waals surface area contributed by atoms with Crippen molar-refractivity contribution >= 4 is 11.6 Å². The summed E-state index contributed by atoms with van der Waals surface area (Å²) in [7, 11) is 1.44. The van der Waals surface area contributed by atoms with Gasteiger partial charge in [-0.05, 0) is 25.1 Å². The molecule has 0 aliphatic rings. The summed E-state index contributed by atoms with van der Waals surface area (Å²) in [5.41, 5.74) is -1.76. The molecule has 1 amide bonds. The molecule has 0 spiro atoms. The van der Waals surface area contributed by atoms with Gasteiger partial charge in [0, 0.05) is 12.7 Å². The van der Waals surface area contributed by atoms with Gasteiger partial charge in [0.05, 0.1) is 11.3 Å². The molecule has 0 fully saturated rings. The number of hydrogen-bond acceptors (Lipinski definition) is 3. The molecule has 112 valence electrons. The normalized spacial score (nSPS) is 11.5. The largest absolute Gasteiger partial charge is 0.416 e. The molecule has 0 unspecified atom stereocenters. The standard InChI is InChI=1S/C13H11F3N2O3/c1-7-10(12(20)21-18(7)2)11(19)17-9-5-3-4-8(6-9)13(14,15)16/h3-6H,1-2H3,(H,17,19). The average molecular weight is 300 g/mol. The van der Waals surface area contributed by atoms with E-state index < -0.39 is 23.3 Å². The number of anilines is 1. The predicted octanol–water partition coefficient (Wildman–Crippen LogP) is 2.56. The van der Waals surface area contributed by atoms with E-state index >= 15 is 0 Å². The lowest BCUT2D eigenvalue weighted by atomic mass is 10.2. The second kappa shape index (κ2) is 5.12. The second-order valence-corrected chi connectivity index (χ2v) is 4.37. The molecule has 0 saturated heterocycles. The van der Waals surface area contributed by atoms with Crippen LogP contribution in [0.1, 0.15) is 21.6 Å². The summed E-state index contributed by atoms with van der Waals surface area (Å²) in [4.78, 5) is 23.5. The molecule has 0 aliphatic carbocycles. The van der Waals surface area contributed by atoms with Gasteiger partial charge in [-0.25, -0.2) is 9.53 Å². The van der Waals surface area contributed by atoms with Crippen molar-refractivity contribution in [1.29, 1.82) is 0 Å². The third-order valence-electron chi connectivity index (χ3n) is 2.93. The number of nitrogens with one attached hydrogen (secondary N) is 1. The van der Waals surface area contributed by atoms with Gasteiger partial charge in [0.25, 0.3) is 5.91 Å². The van der Waals surface area contributed by atoms with Crippen LogP contribution in [0, 0.1) is 6.92 Å². The third kappa shape index (κ3) is 2.99. The Bertz CT molecular complexity index is 744. The smallest absolute Gasteiger partial charge is 0.336 e. The molecule has 1 aromatic heterocycles. The van der Waals surface area contributed by atoms with E-state index in [1.54, 1.807) is 0 Å². The van der Waals surface area contributed by atoms with Crippen LogP contribution in [-0.2, 0) is 13.2 Å². The summed E-state index contributed by atoms with van der Waals surface area (Å²) in [5.74, 6) is -0.818. The van der Waals surface area contributed by atoms with Gasteiger partial charge in [0.15, 0.2) is 0 Å². The van der Waals surface area contributed by atoms with Crippen molar-refractivity contribution in [2.45, 2.75) is 13.1 Å². The Kier molecular flexibility index (Phi) is 3.63. The number of aromatic nitrogens is 1. The number of aryl methyl sites for hydroxylation is 1. The summed E-state index contributed by atoms with van der Waals surface area (Å²) in [6.07, 6.45) is -4.51. The Morgan fingerprint density at radius 3 is 2.52 bits per heavy atom. The Morgan fingerprint density at radius 1 is 1.33 bits per heavy atom. The monoisotopic (exact) mass is 300 g/mol. The van der Waals surface area contributed by atoms with Crippen molar-refractivity contribution in [3.05, 3.63) is 51.5 Å². The highest BCUT2D eigenvalue weighted by atomic mass is 19.4. The van der Waals surface area contributed by atoms with Crippen molar-refractivity contribution in [3.8, 4) is 0 Å². The van der Waals surface area contributed by atoms with Gasteiger partial charge < -0.3 is 9.84 Å². The summed E-state index contributed by atoms with van der Waals surface area (Å²) < 4.78 is 43.6. The number of nitrogens with zero attached hydrogens (tertiary/aromatic N) is 1. The lowest BCUT2D eigenvalue weighted by molar-refractivity contribution is -0.137. The molecule has 8 heteroatoms. The highest BCUT2D eigenvalue weighted by Crippen LogP contribution is 2.30. The number of carbonyl (C=O) groups excluding carboxylic acids is 1. The number of benzene rings is 1. The summed E-state index contributed by atoms with van der Waals surface area (Å²) >= 11 is 0. The van der Waals surface area contributed by atoms with Gasteiger partial charge in [-0.15, -0.1) is 0 Å². The maximum atomic E-state index is 12.6. The zero-order valence-electron chi connectivity index (χ0n) is 11.1. The number of amides is 1. The highest BCUT2D eigenvalue weighted by Gasteiger charge is 2.30. The maximum absolute atomic E-state index is 12.6. The molecule has 21 heavy (non-hydrogen) atoms. The minimum Gasteiger partial charge on any atom is -0.336 e. The predicted molar refractivity (Wildman–Crippen MR) is 68.1 cm³/mol. The van der Waals surface area contributed by atoms with Crippen molar-refractivity contribution in [3.63, 3.8) is 0 Å². The number of hydrogen-bond donors (Lipinski definition) is 1. The molecule has 0 radical (unpaired) electrons. The van der Waals surface area contributed by atoms with Gasteiger partial charge in [-0.1, -0.05) is 6.07 Å². The molecule has 2 aromatic rings. The Balaban J connectivity index is 2.30. The summed E-state index contributed by atoms with van der Waals surface area (Å²) in [5, 5.41) is 2.25. The van der Waals surface area contributed by atoms with Crippen LogP contribution in [-0.4, -0.2) is 10.6 Å². The van der Waals surface area contributed by atoms with E-state index in [2.05, 4.69) is 5.32 Å². The first kappa shape index (κ1) is 14.9. The van der Waals surface area contributed by atoms with Crippen LogP contribution in [0.25, 0.3) is 0 Å². The minimum atomic E-state index is -4.51. The van der Waals surface area contributed by atoms with Gasteiger partial charge in [0.2, 0.25) is 0 Å². The van der Waals surface area contributed by atoms with Gasteiger partial charge >= 0.3 is 11.8 Å². The molecule has 1 heterocycles.